The summed E-state index contributed by atoms with van der Waals surface area (Å²) in [6, 6.07) is 14.0. The molecule has 21 heavy (non-hydrogen) atoms. The standard InChI is InChI=1S/C18H23NO2/c1-13-9-14(2)11-15(10-13)19(3)12-17(20)16-7-5-6-8-18(16)21-4/h5-11,17,20H,12H2,1-4H3. The van der Waals surface area contributed by atoms with Gasteiger partial charge in [-0.15, -0.1) is 0 Å². The van der Waals surface area contributed by atoms with E-state index in [1.54, 1.807) is 7.11 Å². The Labute approximate surface area is 126 Å². The van der Waals surface area contributed by atoms with Gasteiger partial charge >= 0.3 is 0 Å². The van der Waals surface area contributed by atoms with Gasteiger partial charge in [0.25, 0.3) is 0 Å². The van der Waals surface area contributed by atoms with Gasteiger partial charge in [0.1, 0.15) is 5.75 Å². The first kappa shape index (κ1) is 15.4. The second-order valence-electron chi connectivity index (χ2n) is 5.48. The lowest BCUT2D eigenvalue weighted by Gasteiger charge is -2.24. The van der Waals surface area contributed by atoms with Crippen molar-refractivity contribution in [2.75, 3.05) is 25.6 Å². The third kappa shape index (κ3) is 3.76. The van der Waals surface area contributed by atoms with E-state index in [4.69, 9.17) is 4.74 Å². The number of para-hydroxylation sites is 1. The molecule has 0 radical (unpaired) electrons. The number of likely N-dealkylation sites (N-methyl/N-ethyl adjacent to an activating group) is 1. The van der Waals surface area contributed by atoms with Crippen LogP contribution in [0.15, 0.2) is 42.5 Å². The maximum Gasteiger partial charge on any atom is 0.124 e. The van der Waals surface area contributed by atoms with Crippen LogP contribution in [-0.2, 0) is 0 Å². The van der Waals surface area contributed by atoms with Crippen LogP contribution < -0.4 is 9.64 Å². The van der Waals surface area contributed by atoms with Crippen molar-refractivity contribution in [2.45, 2.75) is 20.0 Å². The molecule has 0 fully saturated rings. The lowest BCUT2D eigenvalue weighted by molar-refractivity contribution is 0.180. The minimum atomic E-state index is -0.591. The van der Waals surface area contributed by atoms with Gasteiger partial charge in [-0.1, -0.05) is 24.3 Å². The van der Waals surface area contributed by atoms with Gasteiger partial charge in [-0.3, -0.25) is 0 Å². The van der Waals surface area contributed by atoms with Gasteiger partial charge in [0.2, 0.25) is 0 Å². The van der Waals surface area contributed by atoms with E-state index in [1.807, 2.05) is 31.3 Å². The zero-order chi connectivity index (χ0) is 15.4. The number of rotatable bonds is 5. The van der Waals surface area contributed by atoms with E-state index in [0.29, 0.717) is 6.54 Å². The van der Waals surface area contributed by atoms with Gasteiger partial charge in [0.15, 0.2) is 0 Å². The highest BCUT2D eigenvalue weighted by atomic mass is 16.5. The summed E-state index contributed by atoms with van der Waals surface area (Å²) < 4.78 is 5.31. The normalized spacial score (nSPS) is 12.0. The Morgan fingerprint density at radius 2 is 1.71 bits per heavy atom. The quantitative estimate of drug-likeness (QED) is 0.913. The van der Waals surface area contributed by atoms with Crippen LogP contribution in [0.1, 0.15) is 22.8 Å². The average Bonchev–Trinajstić information content (AvgIpc) is 2.46. The molecule has 0 aliphatic rings. The van der Waals surface area contributed by atoms with Crippen molar-refractivity contribution in [3.05, 3.63) is 59.2 Å². The fourth-order valence-corrected chi connectivity index (χ4v) is 2.58. The van der Waals surface area contributed by atoms with Crippen molar-refractivity contribution in [3.8, 4) is 5.75 Å². The summed E-state index contributed by atoms with van der Waals surface area (Å²) in [6.07, 6.45) is -0.591. The molecule has 3 nitrogen and oxygen atoms in total. The van der Waals surface area contributed by atoms with Gasteiger partial charge in [-0.2, -0.15) is 0 Å². The summed E-state index contributed by atoms with van der Waals surface area (Å²) in [5, 5.41) is 10.5. The number of nitrogens with zero attached hydrogens (tertiary/aromatic N) is 1. The van der Waals surface area contributed by atoms with Crippen molar-refractivity contribution in [2.24, 2.45) is 0 Å². The summed E-state index contributed by atoms with van der Waals surface area (Å²) in [5.74, 6) is 0.721. The fraction of sp³-hybridized carbons (Fsp3) is 0.333. The summed E-state index contributed by atoms with van der Waals surface area (Å²) in [6.45, 7) is 4.69. The molecule has 3 heteroatoms. The van der Waals surface area contributed by atoms with Gasteiger partial charge < -0.3 is 14.7 Å². The molecule has 0 bridgehead atoms. The van der Waals surface area contributed by atoms with Gasteiger partial charge in [0, 0.05) is 24.8 Å². The van der Waals surface area contributed by atoms with Crippen LogP contribution in [0.2, 0.25) is 0 Å². The first-order valence-corrected chi connectivity index (χ1v) is 7.11. The maximum atomic E-state index is 10.5. The number of ether oxygens (including phenoxy) is 1. The number of aliphatic hydroxyl groups excluding tert-OH is 1. The SMILES string of the molecule is COc1ccccc1C(O)CN(C)c1cc(C)cc(C)c1. The van der Waals surface area contributed by atoms with Crippen LogP contribution in [0.4, 0.5) is 5.69 Å². The van der Waals surface area contributed by atoms with E-state index in [0.717, 1.165) is 17.0 Å². The molecule has 2 aromatic carbocycles. The third-order valence-electron chi connectivity index (χ3n) is 3.59. The zero-order valence-corrected chi connectivity index (χ0v) is 13.1. The minimum Gasteiger partial charge on any atom is -0.496 e. The highest BCUT2D eigenvalue weighted by Gasteiger charge is 2.15. The topological polar surface area (TPSA) is 32.7 Å². The number of methoxy groups -OCH3 is 1. The largest absolute Gasteiger partial charge is 0.496 e. The number of hydrogen-bond acceptors (Lipinski definition) is 3. The Kier molecular flexibility index (Phi) is 4.86. The molecule has 1 N–H and O–H groups in total. The highest BCUT2D eigenvalue weighted by molar-refractivity contribution is 5.50. The monoisotopic (exact) mass is 285 g/mol. The molecule has 112 valence electrons. The first-order valence-electron chi connectivity index (χ1n) is 7.11. The molecule has 2 rings (SSSR count). The molecule has 0 aliphatic heterocycles. The first-order chi connectivity index (χ1) is 10.0. The Morgan fingerprint density at radius 3 is 2.33 bits per heavy atom. The van der Waals surface area contributed by atoms with Gasteiger partial charge in [-0.25, -0.2) is 0 Å². The molecule has 0 aromatic heterocycles. The van der Waals surface area contributed by atoms with E-state index >= 15 is 0 Å². The lowest BCUT2D eigenvalue weighted by atomic mass is 10.1. The van der Waals surface area contributed by atoms with Crippen molar-refractivity contribution >= 4 is 5.69 Å². The average molecular weight is 285 g/mol. The summed E-state index contributed by atoms with van der Waals surface area (Å²) in [7, 11) is 3.62. The molecular formula is C18H23NO2. The molecule has 0 saturated carbocycles. The molecule has 2 aromatic rings. The van der Waals surface area contributed by atoms with E-state index in [-0.39, 0.29) is 0 Å². The van der Waals surface area contributed by atoms with Crippen LogP contribution >= 0.6 is 0 Å². The van der Waals surface area contributed by atoms with Crippen molar-refractivity contribution < 1.29 is 9.84 Å². The Hall–Kier alpha value is -2.00. The van der Waals surface area contributed by atoms with E-state index in [9.17, 15) is 5.11 Å². The molecule has 0 aliphatic carbocycles. The number of aryl methyl sites for hydroxylation is 2. The predicted molar refractivity (Wildman–Crippen MR) is 87.1 cm³/mol. The van der Waals surface area contributed by atoms with Crippen molar-refractivity contribution in [1.82, 2.24) is 0 Å². The van der Waals surface area contributed by atoms with Gasteiger partial charge in [0.05, 0.1) is 13.2 Å². The number of anilines is 1. The smallest absolute Gasteiger partial charge is 0.124 e. The van der Waals surface area contributed by atoms with Crippen LogP contribution in [0.3, 0.4) is 0 Å². The summed E-state index contributed by atoms with van der Waals surface area (Å²) >= 11 is 0. The number of benzene rings is 2. The van der Waals surface area contributed by atoms with Crippen LogP contribution in [0.5, 0.6) is 5.75 Å². The number of aliphatic hydroxyl groups is 1. The van der Waals surface area contributed by atoms with E-state index in [2.05, 4.69) is 36.9 Å². The van der Waals surface area contributed by atoms with Crippen LogP contribution in [0.25, 0.3) is 0 Å². The second-order valence-corrected chi connectivity index (χ2v) is 5.48. The number of hydrogen-bond donors (Lipinski definition) is 1. The Morgan fingerprint density at radius 1 is 1.10 bits per heavy atom. The molecule has 1 atom stereocenters. The summed E-state index contributed by atoms with van der Waals surface area (Å²) in [4.78, 5) is 2.07. The third-order valence-corrected chi connectivity index (χ3v) is 3.59. The molecular weight excluding hydrogens is 262 g/mol. The van der Waals surface area contributed by atoms with E-state index < -0.39 is 6.10 Å². The molecule has 0 saturated heterocycles. The van der Waals surface area contributed by atoms with Crippen molar-refractivity contribution in [3.63, 3.8) is 0 Å². The van der Waals surface area contributed by atoms with Crippen molar-refractivity contribution in [1.29, 1.82) is 0 Å². The lowest BCUT2D eigenvalue weighted by Crippen LogP contribution is -2.24. The van der Waals surface area contributed by atoms with Gasteiger partial charge in [-0.05, 0) is 43.2 Å². The predicted octanol–water partition coefficient (Wildman–Crippen LogP) is 3.48. The second kappa shape index (κ2) is 6.64. The summed E-state index contributed by atoms with van der Waals surface area (Å²) in [5.41, 5.74) is 4.38. The van der Waals surface area contributed by atoms with E-state index in [1.165, 1.54) is 11.1 Å². The molecule has 0 amide bonds. The zero-order valence-electron chi connectivity index (χ0n) is 13.1. The highest BCUT2D eigenvalue weighted by Crippen LogP contribution is 2.27. The molecule has 1 unspecified atom stereocenters. The minimum absolute atomic E-state index is 0.517. The van der Waals surface area contributed by atoms with Crippen LogP contribution in [0, 0.1) is 13.8 Å². The Bertz CT molecular complexity index is 590. The molecule has 0 spiro atoms. The Balaban J connectivity index is 2.16. The fourth-order valence-electron chi connectivity index (χ4n) is 2.58. The molecule has 0 heterocycles. The maximum absolute atomic E-state index is 10.5. The van der Waals surface area contributed by atoms with Crippen LogP contribution in [-0.4, -0.2) is 25.8 Å².